The smallest absolute Gasteiger partial charge is 0.123 e. The number of aliphatic hydroxyl groups excluding tert-OH is 1. The second-order valence-electron chi connectivity index (χ2n) is 9.94. The molecule has 194 valence electrons. The van der Waals surface area contributed by atoms with Crippen LogP contribution in [0, 0.1) is 17.1 Å². The van der Waals surface area contributed by atoms with E-state index in [1.165, 1.54) is 18.3 Å². The van der Waals surface area contributed by atoms with E-state index in [9.17, 15) is 16.1 Å². The van der Waals surface area contributed by atoms with Gasteiger partial charge in [-0.3, -0.25) is 4.98 Å². The zero-order valence-electron chi connectivity index (χ0n) is 21.5. The van der Waals surface area contributed by atoms with Gasteiger partial charge in [-0.15, -0.1) is 5.10 Å². The summed E-state index contributed by atoms with van der Waals surface area (Å²) in [5, 5.41) is 36.5. The molecule has 2 fully saturated rings. The normalized spacial score (nSPS) is 21.4. The van der Waals surface area contributed by atoms with Gasteiger partial charge in [-0.05, 0) is 55.5 Å². The molecule has 6 rings (SSSR count). The molecule has 2 saturated carbocycles. The third-order valence-corrected chi connectivity index (χ3v) is 7.48. The van der Waals surface area contributed by atoms with Crippen molar-refractivity contribution < 1.29 is 10.9 Å². The van der Waals surface area contributed by atoms with Crippen LogP contribution >= 0.6 is 11.6 Å². The van der Waals surface area contributed by atoms with Crippen molar-refractivity contribution in [2.24, 2.45) is 0 Å². The first kappa shape index (κ1) is 23.4. The molecule has 2 aliphatic rings. The Hall–Kier alpha value is -3.74. The average molecular weight is 533 g/mol. The van der Waals surface area contributed by atoms with Crippen molar-refractivity contribution in [3.63, 3.8) is 0 Å². The van der Waals surface area contributed by atoms with Crippen LogP contribution < -0.4 is 10.6 Å². The number of benzene rings is 2. The molecule has 0 radical (unpaired) electrons. The van der Waals surface area contributed by atoms with Crippen LogP contribution in [0.15, 0.2) is 48.8 Å². The number of nitrogens with zero attached hydrogens (tertiary/aromatic N) is 5. The fourth-order valence-electron chi connectivity index (χ4n) is 4.99. The van der Waals surface area contributed by atoms with Crippen molar-refractivity contribution >= 4 is 33.9 Å². The van der Waals surface area contributed by atoms with Gasteiger partial charge in [0.1, 0.15) is 17.6 Å². The van der Waals surface area contributed by atoms with Gasteiger partial charge in [0.05, 0.1) is 53.6 Å². The van der Waals surface area contributed by atoms with E-state index in [1.807, 2.05) is 0 Å². The molecule has 2 heterocycles. The van der Waals surface area contributed by atoms with Gasteiger partial charge in [0.2, 0.25) is 0 Å². The molecule has 0 amide bonds. The molecule has 10 heteroatoms. The lowest BCUT2D eigenvalue weighted by atomic mass is 9.92. The van der Waals surface area contributed by atoms with E-state index in [0.29, 0.717) is 50.5 Å². The van der Waals surface area contributed by atoms with Gasteiger partial charge in [-0.1, -0.05) is 41.8 Å². The SMILES string of the molecule is [2H][C@](Nc1cc(Cl)c2ncc(C#N)c(N[C@H]3CCCC[C@@H]3O)c2c1)(c1ccc(F)cc1)c1cn(C2CC2)nn1. The number of aromatic nitrogens is 4. The highest BCUT2D eigenvalue weighted by atomic mass is 35.5. The lowest BCUT2D eigenvalue weighted by Crippen LogP contribution is -2.36. The maximum Gasteiger partial charge on any atom is 0.123 e. The maximum absolute atomic E-state index is 13.8. The number of fused-ring (bicyclic) bond motifs is 1. The Labute approximate surface area is 225 Å². The van der Waals surface area contributed by atoms with Crippen LogP contribution in [0.25, 0.3) is 10.9 Å². The molecule has 0 bridgehead atoms. The predicted molar refractivity (Wildman–Crippen MR) is 144 cm³/mol. The van der Waals surface area contributed by atoms with Crippen LogP contribution in [0.4, 0.5) is 15.8 Å². The highest BCUT2D eigenvalue weighted by Crippen LogP contribution is 2.38. The number of nitriles is 1. The third-order valence-electron chi connectivity index (χ3n) is 7.19. The summed E-state index contributed by atoms with van der Waals surface area (Å²) in [4.78, 5) is 4.42. The summed E-state index contributed by atoms with van der Waals surface area (Å²) < 4.78 is 25.1. The van der Waals surface area contributed by atoms with Crippen molar-refractivity contribution in [2.45, 2.75) is 62.7 Å². The Morgan fingerprint density at radius 1 is 1.18 bits per heavy atom. The van der Waals surface area contributed by atoms with Crippen LogP contribution in [-0.4, -0.2) is 37.2 Å². The molecule has 3 N–H and O–H groups in total. The van der Waals surface area contributed by atoms with E-state index in [4.69, 9.17) is 11.6 Å². The highest BCUT2D eigenvalue weighted by molar-refractivity contribution is 6.35. The molecule has 0 spiro atoms. The number of hydrogen-bond acceptors (Lipinski definition) is 7. The molecular weight excluding hydrogens is 505 g/mol. The Bertz CT molecular complexity index is 1570. The standard InChI is InChI=1S/C28H27ClFN7O/c29-22-12-19(11-21-26(17(13-31)14-32-28(21)22)34-23-3-1-2-4-25(23)38)33-27(16-5-7-18(30)8-6-16)24-15-37(36-35-24)20-9-10-20/h5-8,11-12,14-15,20,23,25,27,33,38H,1-4,9-10H2,(H,32,34)/t23-,25-,27-/m0/s1/i27D. The highest BCUT2D eigenvalue weighted by Gasteiger charge is 2.28. The van der Waals surface area contributed by atoms with Crippen molar-refractivity contribution in [2.75, 3.05) is 10.6 Å². The lowest BCUT2D eigenvalue weighted by Gasteiger charge is -2.30. The van der Waals surface area contributed by atoms with E-state index in [1.54, 1.807) is 35.1 Å². The largest absolute Gasteiger partial charge is 0.391 e. The van der Waals surface area contributed by atoms with Gasteiger partial charge in [-0.25, -0.2) is 9.07 Å². The first-order valence-corrected chi connectivity index (χ1v) is 13.2. The molecule has 38 heavy (non-hydrogen) atoms. The van der Waals surface area contributed by atoms with Crippen LogP contribution in [0.1, 0.15) is 68.8 Å². The second-order valence-corrected chi connectivity index (χ2v) is 10.3. The molecule has 0 aliphatic heterocycles. The first-order valence-electron chi connectivity index (χ1n) is 13.3. The molecule has 3 atom stereocenters. The van der Waals surface area contributed by atoms with Gasteiger partial charge in [0, 0.05) is 17.3 Å². The summed E-state index contributed by atoms with van der Waals surface area (Å²) in [7, 11) is 0. The molecule has 0 saturated heterocycles. The summed E-state index contributed by atoms with van der Waals surface area (Å²) in [5.74, 6) is -0.410. The van der Waals surface area contributed by atoms with E-state index in [0.717, 1.165) is 32.1 Å². The average Bonchev–Trinajstić information content (AvgIpc) is 3.66. The predicted octanol–water partition coefficient (Wildman–Crippen LogP) is 5.74. The minimum atomic E-state index is -1.62. The summed E-state index contributed by atoms with van der Waals surface area (Å²) in [6, 6.07) is 9.78. The van der Waals surface area contributed by atoms with Crippen molar-refractivity contribution in [3.05, 3.63) is 76.5 Å². The molecule has 4 aromatic rings. The minimum absolute atomic E-state index is 0.209. The van der Waals surface area contributed by atoms with Crippen molar-refractivity contribution in [1.82, 2.24) is 20.0 Å². The Morgan fingerprint density at radius 3 is 2.71 bits per heavy atom. The summed E-state index contributed by atoms with van der Waals surface area (Å²) in [5.41, 5.74) is 2.66. The molecular formula is C28H27ClFN7O. The van der Waals surface area contributed by atoms with Crippen molar-refractivity contribution in [1.29, 1.82) is 5.26 Å². The fraction of sp³-hybridized carbons (Fsp3) is 0.357. The zero-order chi connectivity index (χ0) is 27.1. The maximum atomic E-state index is 13.8. The van der Waals surface area contributed by atoms with E-state index >= 15 is 0 Å². The summed E-state index contributed by atoms with van der Waals surface area (Å²) in [6.45, 7) is 0. The monoisotopic (exact) mass is 532 g/mol. The van der Waals surface area contributed by atoms with E-state index in [2.05, 4.69) is 32.0 Å². The Balaban J connectivity index is 1.45. The third kappa shape index (κ3) is 4.89. The van der Waals surface area contributed by atoms with E-state index < -0.39 is 17.9 Å². The van der Waals surface area contributed by atoms with Gasteiger partial charge >= 0.3 is 0 Å². The Kier molecular flexibility index (Phi) is 6.27. The minimum Gasteiger partial charge on any atom is -0.391 e. The number of rotatable bonds is 7. The van der Waals surface area contributed by atoms with Crippen molar-refractivity contribution in [3.8, 4) is 6.07 Å². The molecule has 2 aliphatic carbocycles. The first-order chi connectivity index (χ1) is 18.9. The summed E-state index contributed by atoms with van der Waals surface area (Å²) >= 11 is 6.69. The second kappa shape index (κ2) is 10.2. The molecule has 8 nitrogen and oxygen atoms in total. The van der Waals surface area contributed by atoms with Crippen LogP contribution in [0.5, 0.6) is 0 Å². The number of hydrogen-bond donors (Lipinski definition) is 3. The fourth-order valence-corrected chi connectivity index (χ4v) is 5.26. The van der Waals surface area contributed by atoms with Crippen LogP contribution in [0.3, 0.4) is 0 Å². The quantitative estimate of drug-likeness (QED) is 0.278. The molecule has 2 aromatic heterocycles. The number of aliphatic hydroxyl groups is 1. The lowest BCUT2D eigenvalue weighted by molar-refractivity contribution is 0.116. The number of nitrogens with one attached hydrogen (secondary N) is 2. The van der Waals surface area contributed by atoms with Crippen LogP contribution in [0.2, 0.25) is 5.02 Å². The number of halogens is 2. The topological polar surface area (TPSA) is 112 Å². The van der Waals surface area contributed by atoms with E-state index in [-0.39, 0.29) is 12.1 Å². The molecule has 2 aromatic carbocycles. The number of pyridine rings is 1. The van der Waals surface area contributed by atoms with Gasteiger partial charge in [-0.2, -0.15) is 5.26 Å². The van der Waals surface area contributed by atoms with Gasteiger partial charge in [0.25, 0.3) is 0 Å². The number of anilines is 2. The zero-order valence-corrected chi connectivity index (χ0v) is 21.3. The Morgan fingerprint density at radius 2 is 1.97 bits per heavy atom. The van der Waals surface area contributed by atoms with Gasteiger partial charge in [0.15, 0.2) is 0 Å². The summed E-state index contributed by atoms with van der Waals surface area (Å²) in [6.07, 6.45) is 8.12. The molecule has 0 unspecified atom stereocenters. The van der Waals surface area contributed by atoms with Crippen LogP contribution in [-0.2, 0) is 0 Å². The van der Waals surface area contributed by atoms with Gasteiger partial charge < -0.3 is 15.7 Å².